The van der Waals surface area contributed by atoms with Crippen molar-refractivity contribution in [3.8, 4) is 0 Å². The van der Waals surface area contributed by atoms with Gasteiger partial charge in [-0.3, -0.25) is 39.1 Å². The zero-order valence-electron chi connectivity index (χ0n) is 32.4. The van der Waals surface area contributed by atoms with Crippen LogP contribution >= 0.6 is 0 Å². The molecule has 302 valence electrons. The normalized spacial score (nSPS) is 23.4. The van der Waals surface area contributed by atoms with Gasteiger partial charge >= 0.3 is 6.03 Å². The molecule has 5 saturated heterocycles. The largest absolute Gasteiger partial charge is 0.368 e. The fourth-order valence-corrected chi connectivity index (χ4v) is 9.35. The number of hydrogen-bond donors (Lipinski definition) is 3. The Morgan fingerprint density at radius 1 is 0.828 bits per heavy atom. The van der Waals surface area contributed by atoms with Crippen molar-refractivity contribution < 1.29 is 28.8 Å². The number of nitrogens with one attached hydrogen (secondary N) is 2. The number of benzene rings is 2. The van der Waals surface area contributed by atoms with Crippen LogP contribution in [0.5, 0.6) is 0 Å². The highest BCUT2D eigenvalue weighted by molar-refractivity contribution is 6.23. The minimum Gasteiger partial charge on any atom is -0.368 e. The first kappa shape index (κ1) is 37.5. The molecule has 7 amide bonds. The van der Waals surface area contributed by atoms with Gasteiger partial charge in [-0.1, -0.05) is 12.1 Å². The molecule has 9 rings (SSSR count). The number of nitrogens with zero attached hydrogens (tertiary/aromatic N) is 8. The van der Waals surface area contributed by atoms with Crippen molar-refractivity contribution in [2.75, 3.05) is 74.5 Å². The van der Waals surface area contributed by atoms with Crippen molar-refractivity contribution in [1.29, 1.82) is 0 Å². The molecule has 0 aliphatic carbocycles. The van der Waals surface area contributed by atoms with E-state index in [0.29, 0.717) is 42.2 Å². The molecular weight excluding hydrogens is 743 g/mol. The van der Waals surface area contributed by atoms with Crippen LogP contribution in [-0.4, -0.2) is 143 Å². The molecule has 0 radical (unpaired) electrons. The summed E-state index contributed by atoms with van der Waals surface area (Å²) in [7, 11) is 1.83. The number of carbonyl (C=O) groups is 6. The second-order valence-corrected chi connectivity index (χ2v) is 16.2. The first-order chi connectivity index (χ1) is 28.0. The number of primary amides is 1. The van der Waals surface area contributed by atoms with Gasteiger partial charge < -0.3 is 30.7 Å². The predicted molar refractivity (Wildman–Crippen MR) is 213 cm³/mol. The third-order valence-corrected chi connectivity index (χ3v) is 12.7. The van der Waals surface area contributed by atoms with Gasteiger partial charge in [0.15, 0.2) is 11.5 Å². The maximum Gasteiger partial charge on any atom is 0.320 e. The number of piperidine rings is 3. The topological polar surface area (TPSA) is 198 Å². The summed E-state index contributed by atoms with van der Waals surface area (Å²) in [6, 6.07) is 13.1. The molecule has 2 aromatic carbocycles. The van der Waals surface area contributed by atoms with E-state index in [1.54, 1.807) is 23.2 Å². The monoisotopic (exact) mass is 789 g/mol. The highest BCUT2D eigenvalue weighted by Crippen LogP contribution is 2.36. The molecule has 58 heavy (non-hydrogen) atoms. The van der Waals surface area contributed by atoms with Crippen LogP contribution in [0.4, 0.5) is 27.8 Å². The summed E-state index contributed by atoms with van der Waals surface area (Å²) in [5.41, 5.74) is 9.24. The van der Waals surface area contributed by atoms with E-state index in [1.165, 1.54) is 5.56 Å². The Labute approximate surface area is 335 Å². The van der Waals surface area contributed by atoms with Crippen molar-refractivity contribution in [3.05, 3.63) is 71.0 Å². The zero-order chi connectivity index (χ0) is 40.2. The van der Waals surface area contributed by atoms with E-state index < -0.39 is 35.6 Å². The van der Waals surface area contributed by atoms with Gasteiger partial charge in [-0.2, -0.15) is 0 Å². The Morgan fingerprint density at radius 3 is 2.28 bits per heavy atom. The Kier molecular flexibility index (Phi) is 9.70. The maximum atomic E-state index is 13.3. The summed E-state index contributed by atoms with van der Waals surface area (Å²) >= 11 is 0. The third-order valence-electron chi connectivity index (χ3n) is 12.7. The Balaban J connectivity index is 0.782. The second kappa shape index (κ2) is 15.0. The van der Waals surface area contributed by atoms with E-state index in [-0.39, 0.29) is 36.2 Å². The molecule has 6 aliphatic rings. The van der Waals surface area contributed by atoms with Crippen LogP contribution in [0.2, 0.25) is 0 Å². The van der Waals surface area contributed by atoms with Gasteiger partial charge in [-0.25, -0.2) is 14.8 Å². The molecule has 6 aliphatic heterocycles. The van der Waals surface area contributed by atoms with Crippen molar-refractivity contribution >= 4 is 58.6 Å². The number of imide groups is 2. The fraction of sp³-hybridized carbons (Fsp3) is 0.463. The first-order valence-electron chi connectivity index (χ1n) is 20.2. The SMILES string of the molecule is CN1CCN([C@@H]2CCCN(c3cnc(C(N)=O)c(Nc4ccc(C5CCN(C6CN(c7ccc8c(c7)C(=O)N(C7CCC(=O)NC7=O)C8=O)C6)CC5)cc4)n3)C2)C1=O. The number of likely N-dealkylation sites (N-methyl/N-ethyl adjacent to an activating group) is 1. The number of likely N-dealkylation sites (tertiary alicyclic amines) is 1. The van der Waals surface area contributed by atoms with Crippen LogP contribution in [-0.2, 0) is 9.59 Å². The molecule has 3 aromatic rings. The molecule has 2 atom stereocenters. The van der Waals surface area contributed by atoms with E-state index in [1.807, 2.05) is 30.1 Å². The van der Waals surface area contributed by atoms with Crippen molar-refractivity contribution in [1.82, 2.24) is 34.9 Å². The van der Waals surface area contributed by atoms with Gasteiger partial charge in [0, 0.05) is 70.2 Å². The predicted octanol–water partition coefficient (Wildman–Crippen LogP) is 2.12. The fourth-order valence-electron chi connectivity index (χ4n) is 9.35. The second-order valence-electron chi connectivity index (χ2n) is 16.2. The summed E-state index contributed by atoms with van der Waals surface area (Å²) < 4.78 is 0. The lowest BCUT2D eigenvalue weighted by molar-refractivity contribution is -0.136. The smallest absolute Gasteiger partial charge is 0.320 e. The number of rotatable bonds is 9. The molecule has 0 saturated carbocycles. The lowest BCUT2D eigenvalue weighted by atomic mass is 9.88. The van der Waals surface area contributed by atoms with Gasteiger partial charge in [0.25, 0.3) is 17.7 Å². The van der Waals surface area contributed by atoms with E-state index >= 15 is 0 Å². The third kappa shape index (κ3) is 6.86. The Morgan fingerprint density at radius 2 is 1.57 bits per heavy atom. The number of urea groups is 1. The molecule has 7 heterocycles. The maximum absolute atomic E-state index is 13.3. The average Bonchev–Trinajstić information content (AvgIpc) is 3.67. The van der Waals surface area contributed by atoms with Crippen molar-refractivity contribution in [3.63, 3.8) is 0 Å². The van der Waals surface area contributed by atoms with E-state index in [4.69, 9.17) is 10.7 Å². The summed E-state index contributed by atoms with van der Waals surface area (Å²) in [5, 5.41) is 5.52. The molecule has 17 heteroatoms. The van der Waals surface area contributed by atoms with Gasteiger partial charge in [0.05, 0.1) is 23.4 Å². The lowest BCUT2D eigenvalue weighted by Crippen LogP contribution is -2.60. The van der Waals surface area contributed by atoms with E-state index in [0.717, 1.165) is 81.2 Å². The van der Waals surface area contributed by atoms with Crippen LogP contribution in [0.1, 0.15) is 81.2 Å². The molecular formula is C41H47N11O6. The van der Waals surface area contributed by atoms with Gasteiger partial charge in [-0.15, -0.1) is 0 Å². The highest BCUT2D eigenvalue weighted by Gasteiger charge is 2.45. The summed E-state index contributed by atoms with van der Waals surface area (Å²) in [6.07, 6.45) is 5.68. The summed E-state index contributed by atoms with van der Waals surface area (Å²) in [4.78, 5) is 96.3. The Hall–Kier alpha value is -6.10. The van der Waals surface area contributed by atoms with E-state index in [9.17, 15) is 28.8 Å². The molecule has 1 unspecified atom stereocenters. The van der Waals surface area contributed by atoms with E-state index in [2.05, 4.69) is 42.5 Å². The molecule has 4 N–H and O–H groups in total. The van der Waals surface area contributed by atoms with Crippen LogP contribution in [0.3, 0.4) is 0 Å². The standard InChI is InChI=1S/C41H47N11O6/c1-47-17-18-51(41(47)58)28-3-2-14-49(21-28)33-20-43-35(36(42)54)37(45-33)44-26-6-4-24(5-7-26)25-12-15-48(16-13-25)29-22-50(23-29)27-8-9-30-31(19-27)40(57)52(39(30)56)32-10-11-34(53)46-38(32)55/h4-9,19-20,25,28-29,32H,2-3,10-18,21-23H2,1H3,(H2,42,54)(H,44,45)(H,46,53,55)/t28-,32?/m1/s1. The first-order valence-corrected chi connectivity index (χ1v) is 20.2. The number of aromatic nitrogens is 2. The van der Waals surface area contributed by atoms with Gasteiger partial charge in [0.1, 0.15) is 11.9 Å². The zero-order valence-corrected chi connectivity index (χ0v) is 32.4. The van der Waals surface area contributed by atoms with Crippen LogP contribution in [0.25, 0.3) is 0 Å². The molecule has 5 fully saturated rings. The molecule has 1 aromatic heterocycles. The average molecular weight is 790 g/mol. The molecule has 0 spiro atoms. The quantitative estimate of drug-likeness (QED) is 0.268. The summed E-state index contributed by atoms with van der Waals surface area (Å²) in [5.74, 6) is -1.33. The van der Waals surface area contributed by atoms with Crippen LogP contribution < -0.4 is 26.2 Å². The highest BCUT2D eigenvalue weighted by atomic mass is 16.2. The number of nitrogens with two attached hydrogens (primary N) is 1. The van der Waals surface area contributed by atoms with Crippen molar-refractivity contribution in [2.24, 2.45) is 5.73 Å². The molecule has 0 bridgehead atoms. The Bertz CT molecular complexity index is 2180. The number of hydrogen-bond acceptors (Lipinski definition) is 12. The number of amides is 7. The number of fused-ring (bicyclic) bond motifs is 1. The lowest BCUT2D eigenvalue weighted by Gasteiger charge is -2.48. The number of carbonyl (C=O) groups excluding carboxylic acids is 6. The van der Waals surface area contributed by atoms with Crippen LogP contribution in [0, 0.1) is 0 Å². The minimum atomic E-state index is -0.981. The minimum absolute atomic E-state index is 0.0565. The van der Waals surface area contributed by atoms with Gasteiger partial charge in [0.2, 0.25) is 11.8 Å². The molecule has 17 nitrogen and oxygen atoms in total. The van der Waals surface area contributed by atoms with Gasteiger partial charge in [-0.05, 0) is 87.0 Å². The van der Waals surface area contributed by atoms with Crippen molar-refractivity contribution in [2.45, 2.75) is 62.6 Å². The van der Waals surface area contributed by atoms with Crippen LogP contribution in [0.15, 0.2) is 48.7 Å². The number of anilines is 4. The summed E-state index contributed by atoms with van der Waals surface area (Å²) in [6.45, 7) is 6.41.